The van der Waals surface area contributed by atoms with E-state index in [4.69, 9.17) is 16.3 Å². The van der Waals surface area contributed by atoms with Crippen LogP contribution in [0, 0.1) is 5.92 Å². The number of hydrogen-bond donors (Lipinski definition) is 2. The number of rotatable bonds is 7. The zero-order chi connectivity index (χ0) is 20.1. The second-order valence-electron chi connectivity index (χ2n) is 8.11. The summed E-state index contributed by atoms with van der Waals surface area (Å²) in [5.74, 6) is 0.547. The Bertz CT molecular complexity index is 743. The number of morpholine rings is 1. The van der Waals surface area contributed by atoms with Gasteiger partial charge in [0, 0.05) is 42.1 Å². The van der Waals surface area contributed by atoms with Gasteiger partial charge in [-0.3, -0.25) is 0 Å². The predicted octanol–water partition coefficient (Wildman–Crippen LogP) is 3.48. The molecule has 0 aromatic heterocycles. The van der Waals surface area contributed by atoms with E-state index in [0.717, 1.165) is 74.9 Å². The molecule has 28 heavy (non-hydrogen) atoms. The van der Waals surface area contributed by atoms with Gasteiger partial charge in [0.25, 0.3) is 0 Å². The Labute approximate surface area is 174 Å². The lowest BCUT2D eigenvalue weighted by molar-refractivity contribution is 0.122. The summed E-state index contributed by atoms with van der Waals surface area (Å²) in [5.41, 5.74) is 2.17. The van der Waals surface area contributed by atoms with Crippen LogP contribution >= 0.6 is 11.6 Å². The number of nitrogens with one attached hydrogen (secondary N) is 2. The van der Waals surface area contributed by atoms with Gasteiger partial charge in [0.15, 0.2) is 0 Å². The Morgan fingerprint density at radius 1 is 1.14 bits per heavy atom. The van der Waals surface area contributed by atoms with Crippen LogP contribution in [0.1, 0.15) is 39.5 Å². The Morgan fingerprint density at radius 2 is 1.82 bits per heavy atom. The van der Waals surface area contributed by atoms with Crippen LogP contribution in [-0.2, 0) is 14.8 Å². The molecule has 2 fully saturated rings. The summed E-state index contributed by atoms with van der Waals surface area (Å²) in [4.78, 5) is 2.30. The maximum Gasteiger partial charge on any atom is 0.214 e. The second-order valence-corrected chi connectivity index (χ2v) is 10.8. The predicted molar refractivity (Wildman–Crippen MR) is 116 cm³/mol. The smallest absolute Gasteiger partial charge is 0.214 e. The minimum Gasteiger partial charge on any atom is -0.385 e. The van der Waals surface area contributed by atoms with Crippen LogP contribution in [-0.4, -0.2) is 52.6 Å². The topological polar surface area (TPSA) is 70.7 Å². The molecule has 1 heterocycles. The van der Waals surface area contributed by atoms with Crippen molar-refractivity contribution in [1.29, 1.82) is 0 Å². The molecule has 0 atom stereocenters. The first-order valence-electron chi connectivity index (χ1n) is 10.2. The Morgan fingerprint density at radius 3 is 2.46 bits per heavy atom. The molecule has 1 aromatic rings. The van der Waals surface area contributed by atoms with E-state index < -0.39 is 10.0 Å². The summed E-state index contributed by atoms with van der Waals surface area (Å²) in [6.07, 6.45) is 3.84. The third-order valence-electron chi connectivity index (χ3n) is 5.65. The fourth-order valence-electron chi connectivity index (χ4n) is 3.80. The highest BCUT2D eigenvalue weighted by Gasteiger charge is 2.26. The van der Waals surface area contributed by atoms with Crippen molar-refractivity contribution in [2.45, 2.75) is 50.8 Å². The van der Waals surface area contributed by atoms with Crippen molar-refractivity contribution in [1.82, 2.24) is 4.72 Å². The summed E-state index contributed by atoms with van der Waals surface area (Å²) in [7, 11) is -3.18. The fraction of sp³-hybridized carbons (Fsp3) is 0.700. The third-order valence-corrected chi connectivity index (χ3v) is 7.77. The SMILES string of the molecule is CC(C)S(=O)(=O)N[C@H]1CC[C@H](CNc2cc(Cl)cc(N3CCOCC3)c2)CC1. The van der Waals surface area contributed by atoms with Crippen LogP contribution < -0.4 is 14.9 Å². The Balaban J connectivity index is 1.49. The monoisotopic (exact) mass is 429 g/mol. The first kappa shape index (κ1) is 21.7. The van der Waals surface area contributed by atoms with E-state index in [-0.39, 0.29) is 11.3 Å². The number of sulfonamides is 1. The lowest BCUT2D eigenvalue weighted by atomic mass is 9.86. The molecule has 1 saturated carbocycles. The van der Waals surface area contributed by atoms with E-state index in [9.17, 15) is 8.42 Å². The molecular weight excluding hydrogens is 398 g/mol. The molecule has 3 rings (SSSR count). The average molecular weight is 430 g/mol. The molecule has 2 N–H and O–H groups in total. The van der Waals surface area contributed by atoms with Crippen LogP contribution in [0.5, 0.6) is 0 Å². The summed E-state index contributed by atoms with van der Waals surface area (Å²) < 4.78 is 32.4. The van der Waals surface area contributed by atoms with Gasteiger partial charge in [-0.1, -0.05) is 11.6 Å². The average Bonchev–Trinajstić information content (AvgIpc) is 2.67. The van der Waals surface area contributed by atoms with Crippen LogP contribution in [0.4, 0.5) is 11.4 Å². The summed E-state index contributed by atoms with van der Waals surface area (Å²) in [6.45, 7) is 7.58. The molecule has 1 saturated heterocycles. The van der Waals surface area contributed by atoms with E-state index in [1.54, 1.807) is 13.8 Å². The van der Waals surface area contributed by atoms with E-state index in [1.165, 1.54) is 0 Å². The summed E-state index contributed by atoms with van der Waals surface area (Å²) in [6, 6.07) is 6.19. The highest BCUT2D eigenvalue weighted by molar-refractivity contribution is 7.90. The minimum absolute atomic E-state index is 0.0720. The number of hydrogen-bond acceptors (Lipinski definition) is 5. The normalized spacial score (nSPS) is 23.8. The van der Waals surface area contributed by atoms with Crippen LogP contribution in [0.3, 0.4) is 0 Å². The summed E-state index contributed by atoms with van der Waals surface area (Å²) >= 11 is 6.33. The molecule has 8 heteroatoms. The van der Waals surface area contributed by atoms with Crippen molar-refractivity contribution in [2.75, 3.05) is 43.1 Å². The van der Waals surface area contributed by atoms with Crippen molar-refractivity contribution in [3.63, 3.8) is 0 Å². The fourth-order valence-corrected chi connectivity index (χ4v) is 5.00. The molecule has 0 unspecified atom stereocenters. The van der Waals surface area contributed by atoms with Crippen molar-refractivity contribution in [2.24, 2.45) is 5.92 Å². The van der Waals surface area contributed by atoms with Crippen LogP contribution in [0.25, 0.3) is 0 Å². The van der Waals surface area contributed by atoms with Gasteiger partial charge < -0.3 is 15.0 Å². The number of anilines is 2. The largest absolute Gasteiger partial charge is 0.385 e. The van der Waals surface area contributed by atoms with Crippen LogP contribution in [0.2, 0.25) is 5.02 Å². The van der Waals surface area contributed by atoms with E-state index in [2.05, 4.69) is 21.0 Å². The molecule has 0 spiro atoms. The lowest BCUT2D eigenvalue weighted by Gasteiger charge is -2.31. The standard InChI is InChI=1S/C20H32ClN3O3S/c1-15(2)28(25,26)23-18-5-3-16(4-6-18)14-22-19-11-17(21)12-20(13-19)24-7-9-27-10-8-24/h11-13,15-16,18,22-23H,3-10,14H2,1-2H3/t16-,18-. The van der Waals surface area contributed by atoms with Crippen molar-refractivity contribution >= 4 is 33.0 Å². The van der Waals surface area contributed by atoms with Crippen molar-refractivity contribution < 1.29 is 13.2 Å². The lowest BCUT2D eigenvalue weighted by Crippen LogP contribution is -2.41. The number of halogens is 1. The number of benzene rings is 1. The van der Waals surface area contributed by atoms with Gasteiger partial charge in [0.05, 0.1) is 18.5 Å². The first-order valence-corrected chi connectivity index (χ1v) is 12.1. The zero-order valence-corrected chi connectivity index (χ0v) is 18.4. The van der Waals surface area contributed by atoms with Gasteiger partial charge in [-0.05, 0) is 63.6 Å². The Hall–Kier alpha value is -1.02. The summed E-state index contributed by atoms with van der Waals surface area (Å²) in [5, 5.41) is 3.89. The van der Waals surface area contributed by atoms with Gasteiger partial charge in [-0.25, -0.2) is 13.1 Å². The molecule has 0 radical (unpaired) electrons. The van der Waals surface area contributed by atoms with E-state index >= 15 is 0 Å². The highest BCUT2D eigenvalue weighted by Crippen LogP contribution is 2.29. The molecule has 2 aliphatic rings. The van der Waals surface area contributed by atoms with Crippen molar-refractivity contribution in [3.8, 4) is 0 Å². The molecule has 1 aromatic carbocycles. The highest BCUT2D eigenvalue weighted by atomic mass is 35.5. The van der Waals surface area contributed by atoms with Gasteiger partial charge in [-0.15, -0.1) is 0 Å². The number of nitrogens with zero attached hydrogens (tertiary/aromatic N) is 1. The van der Waals surface area contributed by atoms with Gasteiger partial charge in [-0.2, -0.15) is 0 Å². The van der Waals surface area contributed by atoms with E-state index in [1.807, 2.05) is 12.1 Å². The zero-order valence-electron chi connectivity index (χ0n) is 16.8. The number of ether oxygens (including phenoxy) is 1. The molecule has 1 aliphatic carbocycles. The first-order chi connectivity index (χ1) is 13.3. The molecule has 1 aliphatic heterocycles. The van der Waals surface area contributed by atoms with Gasteiger partial charge in [0.1, 0.15) is 0 Å². The second kappa shape index (κ2) is 9.65. The molecule has 158 valence electrons. The quantitative estimate of drug-likeness (QED) is 0.694. The maximum absolute atomic E-state index is 12.0. The van der Waals surface area contributed by atoms with Crippen LogP contribution in [0.15, 0.2) is 18.2 Å². The van der Waals surface area contributed by atoms with Gasteiger partial charge in [0.2, 0.25) is 10.0 Å². The minimum atomic E-state index is -3.18. The maximum atomic E-state index is 12.0. The van der Waals surface area contributed by atoms with Crippen molar-refractivity contribution in [3.05, 3.63) is 23.2 Å². The molecular formula is C20H32ClN3O3S. The third kappa shape index (κ3) is 5.99. The molecule has 0 bridgehead atoms. The molecule has 0 amide bonds. The molecule has 6 nitrogen and oxygen atoms in total. The van der Waals surface area contributed by atoms with E-state index in [0.29, 0.717) is 5.92 Å². The Kier molecular flexibility index (Phi) is 7.48. The van der Waals surface area contributed by atoms with Gasteiger partial charge >= 0.3 is 0 Å².